The largest absolute Gasteiger partial charge is 0.479 e. The molecule has 1 N–H and O–H groups in total. The number of hydrogen-bond donors (Lipinski definition) is 1. The van der Waals surface area contributed by atoms with Gasteiger partial charge in [0.1, 0.15) is 18.6 Å². The zero-order valence-electron chi connectivity index (χ0n) is 17.6. The van der Waals surface area contributed by atoms with E-state index in [0.717, 1.165) is 31.7 Å². The van der Waals surface area contributed by atoms with Gasteiger partial charge in [0.05, 0.1) is 18.0 Å². The Morgan fingerprint density at radius 3 is 2.66 bits per heavy atom. The molecule has 1 fully saturated rings. The Morgan fingerprint density at radius 2 is 2.00 bits per heavy atom. The molecule has 0 aliphatic heterocycles. The molecule has 6 nitrogen and oxygen atoms in total. The standard InChI is InChI=1S/C22H23ClF3N3O3/c1-13(22(24,25)26)32-20-12-27-19(11-16(20)14-7-9-15(23)10-8-14)21(30)28-17-5-3-4-6-18(17)29-31-2/h7-13,17H,3-6H2,1-2H3,(H,28,30)/t13?,17-/m0/s1. The lowest BCUT2D eigenvalue weighted by Crippen LogP contribution is -2.43. The summed E-state index contributed by atoms with van der Waals surface area (Å²) in [5.74, 6) is -0.556. The third-order valence-corrected chi connectivity index (χ3v) is 5.36. The van der Waals surface area contributed by atoms with E-state index in [-0.39, 0.29) is 17.5 Å². The van der Waals surface area contributed by atoms with Crippen LogP contribution in [-0.4, -0.2) is 42.0 Å². The number of carbonyl (C=O) groups excluding carboxylic acids is 1. The van der Waals surface area contributed by atoms with E-state index >= 15 is 0 Å². The van der Waals surface area contributed by atoms with Crippen LogP contribution in [0.1, 0.15) is 43.1 Å². The van der Waals surface area contributed by atoms with Gasteiger partial charge in [0, 0.05) is 10.6 Å². The molecule has 1 aromatic carbocycles. The van der Waals surface area contributed by atoms with Crippen LogP contribution in [0.15, 0.2) is 41.7 Å². The molecule has 2 aromatic rings. The van der Waals surface area contributed by atoms with Crippen molar-refractivity contribution in [3.05, 3.63) is 47.2 Å². The highest BCUT2D eigenvalue weighted by atomic mass is 35.5. The van der Waals surface area contributed by atoms with Gasteiger partial charge in [0.2, 0.25) is 0 Å². The topological polar surface area (TPSA) is 72.8 Å². The van der Waals surface area contributed by atoms with Gasteiger partial charge >= 0.3 is 6.18 Å². The first-order valence-corrected chi connectivity index (χ1v) is 10.5. The van der Waals surface area contributed by atoms with Gasteiger partial charge in [-0.2, -0.15) is 13.2 Å². The second-order valence-corrected chi connectivity index (χ2v) is 7.85. The van der Waals surface area contributed by atoms with Gasteiger partial charge in [0.25, 0.3) is 5.91 Å². The highest BCUT2D eigenvalue weighted by molar-refractivity contribution is 6.30. The van der Waals surface area contributed by atoms with Crippen LogP contribution in [0.3, 0.4) is 0 Å². The molecule has 172 valence electrons. The van der Waals surface area contributed by atoms with Crippen LogP contribution < -0.4 is 10.1 Å². The lowest BCUT2D eigenvalue weighted by molar-refractivity contribution is -0.189. The predicted molar refractivity (Wildman–Crippen MR) is 115 cm³/mol. The lowest BCUT2D eigenvalue weighted by atomic mass is 9.93. The minimum absolute atomic E-state index is 0.0457. The summed E-state index contributed by atoms with van der Waals surface area (Å²) in [4.78, 5) is 21.8. The number of rotatable bonds is 6. The minimum Gasteiger partial charge on any atom is -0.479 e. The Kier molecular flexibility index (Phi) is 7.60. The van der Waals surface area contributed by atoms with E-state index in [1.54, 1.807) is 24.3 Å². The number of ether oxygens (including phenoxy) is 1. The first kappa shape index (κ1) is 23.8. The number of amides is 1. The third-order valence-electron chi connectivity index (χ3n) is 5.11. The molecule has 2 atom stereocenters. The van der Waals surface area contributed by atoms with Crippen molar-refractivity contribution < 1.29 is 27.5 Å². The molecule has 10 heteroatoms. The fourth-order valence-corrected chi connectivity index (χ4v) is 3.51. The molecular formula is C22H23ClF3N3O3. The summed E-state index contributed by atoms with van der Waals surface area (Å²) in [6.07, 6.45) is -2.16. The SMILES string of the molecule is CON=C1CCCC[C@@H]1NC(=O)c1cc(-c2ccc(Cl)cc2)c(OC(C)C(F)(F)F)cn1. The summed E-state index contributed by atoms with van der Waals surface area (Å²) in [6, 6.07) is 7.59. The zero-order chi connectivity index (χ0) is 23.3. The molecule has 0 saturated heterocycles. The highest BCUT2D eigenvalue weighted by Crippen LogP contribution is 2.34. The summed E-state index contributed by atoms with van der Waals surface area (Å²) in [5.41, 5.74) is 1.62. The number of nitrogens with one attached hydrogen (secondary N) is 1. The van der Waals surface area contributed by atoms with Crippen molar-refractivity contribution in [3.8, 4) is 16.9 Å². The van der Waals surface area contributed by atoms with Crippen molar-refractivity contribution in [1.29, 1.82) is 0 Å². The van der Waals surface area contributed by atoms with Gasteiger partial charge in [-0.1, -0.05) is 35.3 Å². The predicted octanol–water partition coefficient (Wildman–Crippen LogP) is 5.41. The second kappa shape index (κ2) is 10.2. The van der Waals surface area contributed by atoms with Crippen molar-refractivity contribution in [2.45, 2.75) is 50.9 Å². The van der Waals surface area contributed by atoms with E-state index in [2.05, 4.69) is 15.5 Å². The van der Waals surface area contributed by atoms with E-state index in [1.807, 2.05) is 0 Å². The molecule has 0 radical (unpaired) electrons. The second-order valence-electron chi connectivity index (χ2n) is 7.41. The molecule has 1 aromatic heterocycles. The molecule has 1 heterocycles. The Hall–Kier alpha value is -2.81. The maximum absolute atomic E-state index is 13.0. The summed E-state index contributed by atoms with van der Waals surface area (Å²) in [6.45, 7) is 0.909. The average Bonchev–Trinajstić information content (AvgIpc) is 2.75. The van der Waals surface area contributed by atoms with Crippen molar-refractivity contribution in [1.82, 2.24) is 10.3 Å². The van der Waals surface area contributed by atoms with Crippen LogP contribution in [0.25, 0.3) is 11.1 Å². The van der Waals surface area contributed by atoms with Gasteiger partial charge in [0.15, 0.2) is 6.10 Å². The molecule has 1 saturated carbocycles. The van der Waals surface area contributed by atoms with Crippen molar-refractivity contribution in [2.24, 2.45) is 5.16 Å². The van der Waals surface area contributed by atoms with Crippen LogP contribution in [0.2, 0.25) is 5.02 Å². The average molecular weight is 470 g/mol. The number of carbonyl (C=O) groups is 1. The number of hydrogen-bond acceptors (Lipinski definition) is 5. The smallest absolute Gasteiger partial charge is 0.425 e. The van der Waals surface area contributed by atoms with Crippen LogP contribution in [0.4, 0.5) is 13.2 Å². The fourth-order valence-electron chi connectivity index (χ4n) is 3.38. The molecule has 1 aliphatic carbocycles. The molecule has 1 amide bonds. The first-order chi connectivity index (χ1) is 15.2. The molecule has 3 rings (SSSR count). The maximum atomic E-state index is 13.0. The van der Waals surface area contributed by atoms with Crippen LogP contribution in [0.5, 0.6) is 5.75 Å². The van der Waals surface area contributed by atoms with Crippen LogP contribution in [0, 0.1) is 0 Å². The Morgan fingerprint density at radius 1 is 1.28 bits per heavy atom. The van der Waals surface area contributed by atoms with Gasteiger partial charge in [-0.15, -0.1) is 0 Å². The number of pyridine rings is 1. The lowest BCUT2D eigenvalue weighted by Gasteiger charge is -2.24. The third kappa shape index (κ3) is 5.91. The number of halogens is 4. The first-order valence-electron chi connectivity index (χ1n) is 10.1. The van der Waals surface area contributed by atoms with Crippen molar-refractivity contribution in [2.75, 3.05) is 7.11 Å². The highest BCUT2D eigenvalue weighted by Gasteiger charge is 2.38. The number of oxime groups is 1. The van der Waals surface area contributed by atoms with Crippen molar-refractivity contribution >= 4 is 23.2 Å². The number of benzene rings is 1. The van der Waals surface area contributed by atoms with E-state index in [4.69, 9.17) is 21.2 Å². The summed E-state index contributed by atoms with van der Waals surface area (Å²) < 4.78 is 44.3. The van der Waals surface area contributed by atoms with Gasteiger partial charge < -0.3 is 14.9 Å². The van der Waals surface area contributed by atoms with Gasteiger partial charge in [-0.05, 0) is 49.9 Å². The number of nitrogens with zero attached hydrogens (tertiary/aromatic N) is 2. The van der Waals surface area contributed by atoms with E-state index in [0.29, 0.717) is 29.0 Å². The Bertz CT molecular complexity index is 981. The quantitative estimate of drug-likeness (QED) is 0.574. The zero-order valence-corrected chi connectivity index (χ0v) is 18.3. The molecule has 1 aliphatic rings. The number of alkyl halides is 3. The van der Waals surface area contributed by atoms with E-state index in [1.165, 1.54) is 13.2 Å². The monoisotopic (exact) mass is 469 g/mol. The van der Waals surface area contributed by atoms with E-state index < -0.39 is 18.2 Å². The molecule has 1 unspecified atom stereocenters. The molecular weight excluding hydrogens is 447 g/mol. The minimum atomic E-state index is -4.55. The van der Waals surface area contributed by atoms with Gasteiger partial charge in [-0.25, -0.2) is 4.98 Å². The van der Waals surface area contributed by atoms with Crippen LogP contribution >= 0.6 is 11.6 Å². The normalized spacial score (nSPS) is 18.8. The summed E-state index contributed by atoms with van der Waals surface area (Å²) >= 11 is 5.93. The summed E-state index contributed by atoms with van der Waals surface area (Å²) in [7, 11) is 1.45. The number of aromatic nitrogens is 1. The fraction of sp³-hybridized carbons (Fsp3) is 0.409. The van der Waals surface area contributed by atoms with Crippen LogP contribution in [-0.2, 0) is 4.84 Å². The maximum Gasteiger partial charge on any atom is 0.425 e. The Labute approximate surface area is 188 Å². The van der Waals surface area contributed by atoms with Gasteiger partial charge in [-0.3, -0.25) is 4.79 Å². The molecule has 0 bridgehead atoms. The Balaban J connectivity index is 1.91. The molecule has 0 spiro atoms. The summed E-state index contributed by atoms with van der Waals surface area (Å²) in [5, 5.41) is 7.35. The van der Waals surface area contributed by atoms with Crippen molar-refractivity contribution in [3.63, 3.8) is 0 Å². The van der Waals surface area contributed by atoms with E-state index in [9.17, 15) is 18.0 Å². The molecule has 32 heavy (non-hydrogen) atoms.